The molecule has 0 fully saturated rings. The molecule has 17 heavy (non-hydrogen) atoms. The van der Waals surface area contributed by atoms with Crippen LogP contribution in [0.5, 0.6) is 0 Å². The number of imidazole rings is 1. The van der Waals surface area contributed by atoms with Crippen LogP contribution < -0.4 is 11.4 Å². The molecule has 1 heterocycles. The molecule has 0 amide bonds. The largest absolute Gasteiger partial charge is 0.330 e. The summed E-state index contributed by atoms with van der Waals surface area (Å²) in [6.45, 7) is 4.67. The number of aromatic nitrogens is 2. The smallest absolute Gasteiger partial charge is 0.329 e. The first-order chi connectivity index (χ1) is 7.99. The summed E-state index contributed by atoms with van der Waals surface area (Å²) in [6.07, 6.45) is 0.779. The molecule has 0 aliphatic rings. The zero-order valence-electron chi connectivity index (χ0n) is 10.6. The minimum absolute atomic E-state index is 0.0182. The summed E-state index contributed by atoms with van der Waals surface area (Å²) in [4.78, 5) is 12.3. The van der Waals surface area contributed by atoms with Gasteiger partial charge in [0.2, 0.25) is 0 Å². The van der Waals surface area contributed by atoms with Crippen LogP contribution in [0.15, 0.2) is 29.1 Å². The van der Waals surface area contributed by atoms with Gasteiger partial charge in [-0.3, -0.25) is 9.13 Å². The van der Waals surface area contributed by atoms with Crippen molar-refractivity contribution in [1.82, 2.24) is 9.13 Å². The highest BCUT2D eigenvalue weighted by atomic mass is 16.1. The molecule has 0 aliphatic carbocycles. The average molecular weight is 233 g/mol. The number of nitrogens with zero attached hydrogens (tertiary/aromatic N) is 2. The van der Waals surface area contributed by atoms with Crippen LogP contribution in [0.1, 0.15) is 20.3 Å². The molecule has 92 valence electrons. The lowest BCUT2D eigenvalue weighted by molar-refractivity contribution is 0.330. The van der Waals surface area contributed by atoms with E-state index >= 15 is 0 Å². The normalized spacial score (nSPS) is 12.2. The molecule has 0 saturated carbocycles. The summed E-state index contributed by atoms with van der Waals surface area (Å²) in [5.41, 5.74) is 7.32. The standard InChI is InChI=1S/C13H19N3O/c1-13(2,8-9-14)16-11-7-5-4-6-10(11)15(3)12(16)17/h4-7H,8-9,14H2,1-3H3. The van der Waals surface area contributed by atoms with Crippen molar-refractivity contribution < 1.29 is 0 Å². The molecule has 2 N–H and O–H groups in total. The molecular weight excluding hydrogens is 214 g/mol. The van der Waals surface area contributed by atoms with Gasteiger partial charge < -0.3 is 5.73 Å². The zero-order valence-corrected chi connectivity index (χ0v) is 10.6. The number of rotatable bonds is 3. The number of fused-ring (bicyclic) bond motifs is 1. The van der Waals surface area contributed by atoms with E-state index in [4.69, 9.17) is 5.73 Å². The van der Waals surface area contributed by atoms with E-state index in [0.29, 0.717) is 6.54 Å². The highest BCUT2D eigenvalue weighted by molar-refractivity contribution is 5.76. The van der Waals surface area contributed by atoms with E-state index in [2.05, 4.69) is 0 Å². The first-order valence-electron chi connectivity index (χ1n) is 5.86. The predicted molar refractivity (Wildman–Crippen MR) is 70.2 cm³/mol. The van der Waals surface area contributed by atoms with Crippen LogP contribution in [0.2, 0.25) is 0 Å². The van der Waals surface area contributed by atoms with Gasteiger partial charge in [0.25, 0.3) is 0 Å². The maximum atomic E-state index is 12.3. The molecule has 0 unspecified atom stereocenters. The van der Waals surface area contributed by atoms with E-state index in [9.17, 15) is 4.79 Å². The van der Waals surface area contributed by atoms with E-state index < -0.39 is 0 Å². The number of benzene rings is 1. The monoisotopic (exact) mass is 233 g/mol. The summed E-state index contributed by atoms with van der Waals surface area (Å²) in [7, 11) is 1.81. The Hall–Kier alpha value is -1.55. The van der Waals surface area contributed by atoms with Crippen LogP contribution in [0.25, 0.3) is 11.0 Å². The maximum absolute atomic E-state index is 12.3. The number of aryl methyl sites for hydroxylation is 1. The Morgan fingerprint density at radius 2 is 1.82 bits per heavy atom. The molecule has 0 aliphatic heterocycles. The lowest BCUT2D eigenvalue weighted by Gasteiger charge is -2.25. The molecule has 4 heteroatoms. The summed E-state index contributed by atoms with van der Waals surface area (Å²) in [5.74, 6) is 0. The second kappa shape index (κ2) is 4.04. The second-order valence-corrected chi connectivity index (χ2v) is 5.02. The summed E-state index contributed by atoms with van der Waals surface area (Å²) >= 11 is 0. The fraction of sp³-hybridized carbons (Fsp3) is 0.462. The van der Waals surface area contributed by atoms with Crippen molar-refractivity contribution in [3.8, 4) is 0 Å². The van der Waals surface area contributed by atoms with Crippen molar-refractivity contribution in [2.24, 2.45) is 12.8 Å². The van der Waals surface area contributed by atoms with Crippen molar-refractivity contribution in [2.75, 3.05) is 6.54 Å². The lowest BCUT2D eigenvalue weighted by atomic mass is 10.0. The van der Waals surface area contributed by atoms with E-state index in [0.717, 1.165) is 17.5 Å². The van der Waals surface area contributed by atoms with Gasteiger partial charge in [-0.25, -0.2) is 4.79 Å². The first kappa shape index (κ1) is 11.9. The highest BCUT2D eigenvalue weighted by Gasteiger charge is 2.25. The Kier molecular flexibility index (Phi) is 2.83. The molecule has 2 aromatic rings. The third kappa shape index (κ3) is 1.78. The minimum Gasteiger partial charge on any atom is -0.330 e. The van der Waals surface area contributed by atoms with E-state index in [1.807, 2.05) is 42.7 Å². The number of nitrogens with two attached hydrogens (primary N) is 1. The van der Waals surface area contributed by atoms with Crippen molar-refractivity contribution in [3.05, 3.63) is 34.7 Å². The summed E-state index contributed by atoms with van der Waals surface area (Å²) < 4.78 is 3.53. The maximum Gasteiger partial charge on any atom is 0.329 e. The van der Waals surface area contributed by atoms with Crippen LogP contribution in [0.3, 0.4) is 0 Å². The Morgan fingerprint density at radius 3 is 2.41 bits per heavy atom. The van der Waals surface area contributed by atoms with Gasteiger partial charge in [-0.1, -0.05) is 12.1 Å². The van der Waals surface area contributed by atoms with Gasteiger partial charge in [0.15, 0.2) is 0 Å². The van der Waals surface area contributed by atoms with Gasteiger partial charge >= 0.3 is 5.69 Å². The fourth-order valence-corrected chi connectivity index (χ4v) is 2.34. The molecule has 0 bridgehead atoms. The van der Waals surface area contributed by atoms with Gasteiger partial charge in [-0.15, -0.1) is 0 Å². The summed E-state index contributed by atoms with van der Waals surface area (Å²) in [5, 5.41) is 0. The molecule has 0 spiro atoms. The molecular formula is C13H19N3O. The van der Waals surface area contributed by atoms with Crippen molar-refractivity contribution in [2.45, 2.75) is 25.8 Å². The number of para-hydroxylation sites is 2. The SMILES string of the molecule is Cn1c(=O)n(C(C)(C)CCN)c2ccccc21. The van der Waals surface area contributed by atoms with E-state index in [-0.39, 0.29) is 11.2 Å². The molecule has 1 aromatic carbocycles. The fourth-order valence-electron chi connectivity index (χ4n) is 2.34. The Labute approximate surface area is 101 Å². The van der Waals surface area contributed by atoms with Gasteiger partial charge in [-0.2, -0.15) is 0 Å². The summed E-state index contributed by atoms with van der Waals surface area (Å²) in [6, 6.07) is 7.85. The number of hydrogen-bond acceptors (Lipinski definition) is 2. The van der Waals surface area contributed by atoms with Crippen LogP contribution in [-0.2, 0) is 12.6 Å². The van der Waals surface area contributed by atoms with Gasteiger partial charge in [0.1, 0.15) is 0 Å². The predicted octanol–water partition coefficient (Wildman–Crippen LogP) is 1.42. The van der Waals surface area contributed by atoms with Crippen LogP contribution in [0, 0.1) is 0 Å². The molecule has 0 atom stereocenters. The molecule has 2 rings (SSSR count). The molecule has 0 radical (unpaired) electrons. The first-order valence-corrected chi connectivity index (χ1v) is 5.86. The Bertz CT molecular complexity index is 592. The third-order valence-corrected chi connectivity index (χ3v) is 3.32. The minimum atomic E-state index is -0.257. The molecule has 4 nitrogen and oxygen atoms in total. The quantitative estimate of drug-likeness (QED) is 0.871. The van der Waals surface area contributed by atoms with Crippen molar-refractivity contribution >= 4 is 11.0 Å². The topological polar surface area (TPSA) is 53.0 Å². The van der Waals surface area contributed by atoms with E-state index in [1.54, 1.807) is 11.6 Å². The zero-order chi connectivity index (χ0) is 12.6. The van der Waals surface area contributed by atoms with Crippen LogP contribution >= 0.6 is 0 Å². The van der Waals surface area contributed by atoms with Crippen LogP contribution in [-0.4, -0.2) is 15.7 Å². The van der Waals surface area contributed by atoms with Gasteiger partial charge in [0, 0.05) is 12.6 Å². The van der Waals surface area contributed by atoms with Gasteiger partial charge in [0.05, 0.1) is 11.0 Å². The Morgan fingerprint density at radius 1 is 1.24 bits per heavy atom. The molecule has 0 saturated heterocycles. The third-order valence-electron chi connectivity index (χ3n) is 3.32. The van der Waals surface area contributed by atoms with Gasteiger partial charge in [-0.05, 0) is 38.9 Å². The highest BCUT2D eigenvalue weighted by Crippen LogP contribution is 2.23. The van der Waals surface area contributed by atoms with E-state index in [1.165, 1.54) is 0 Å². The van der Waals surface area contributed by atoms with Crippen molar-refractivity contribution in [3.63, 3.8) is 0 Å². The van der Waals surface area contributed by atoms with Crippen LogP contribution in [0.4, 0.5) is 0 Å². The lowest BCUT2D eigenvalue weighted by Crippen LogP contribution is -2.38. The molecule has 1 aromatic heterocycles. The average Bonchev–Trinajstić information content (AvgIpc) is 2.53. The van der Waals surface area contributed by atoms with Crippen molar-refractivity contribution in [1.29, 1.82) is 0 Å². The Balaban J connectivity index is 2.78. The second-order valence-electron chi connectivity index (χ2n) is 5.02. The number of hydrogen-bond donors (Lipinski definition) is 1.